The van der Waals surface area contributed by atoms with Crippen LogP contribution in [0.4, 0.5) is 15.8 Å². The molecule has 4 nitrogen and oxygen atoms in total. The zero-order chi connectivity index (χ0) is 11.1. The summed E-state index contributed by atoms with van der Waals surface area (Å²) in [5.74, 6) is -0.464. The van der Waals surface area contributed by atoms with Gasteiger partial charge in [-0.25, -0.2) is 12.8 Å². The number of nitrogen functional groups attached to an aromatic ring is 1. The van der Waals surface area contributed by atoms with E-state index < -0.39 is 15.8 Å². The van der Waals surface area contributed by atoms with E-state index in [1.807, 2.05) is 0 Å². The predicted molar refractivity (Wildman–Crippen MR) is 56.6 cm³/mol. The van der Waals surface area contributed by atoms with E-state index in [4.69, 9.17) is 5.73 Å². The zero-order valence-electron chi connectivity index (χ0n) is 7.98. The van der Waals surface area contributed by atoms with Crippen LogP contribution in [0.5, 0.6) is 0 Å². The number of nitrogens with two attached hydrogens (primary N) is 1. The average molecular weight is 230 g/mol. The fraction of sp³-hybridized carbons (Fsp3) is 0.333. The van der Waals surface area contributed by atoms with Crippen LogP contribution in [0.2, 0.25) is 0 Å². The molecule has 0 amide bonds. The number of nitrogens with zero attached hydrogens (tertiary/aromatic N) is 1. The third-order valence-corrected chi connectivity index (χ3v) is 4.24. The summed E-state index contributed by atoms with van der Waals surface area (Å²) >= 11 is 0. The second kappa shape index (κ2) is 3.37. The number of benzene rings is 1. The van der Waals surface area contributed by atoms with E-state index in [0.29, 0.717) is 18.7 Å². The van der Waals surface area contributed by atoms with Gasteiger partial charge in [-0.15, -0.1) is 0 Å². The highest BCUT2D eigenvalue weighted by molar-refractivity contribution is 7.93. The first-order valence-corrected chi connectivity index (χ1v) is 6.17. The van der Waals surface area contributed by atoms with Crippen LogP contribution < -0.4 is 10.0 Å². The van der Waals surface area contributed by atoms with Gasteiger partial charge < -0.3 is 5.73 Å². The molecule has 1 aromatic carbocycles. The third kappa shape index (κ3) is 1.77. The second-order valence-corrected chi connectivity index (χ2v) is 5.46. The van der Waals surface area contributed by atoms with Gasteiger partial charge in [0.15, 0.2) is 0 Å². The maximum absolute atomic E-state index is 13.1. The van der Waals surface area contributed by atoms with Crippen LogP contribution in [0.3, 0.4) is 0 Å². The van der Waals surface area contributed by atoms with Crippen molar-refractivity contribution in [2.24, 2.45) is 0 Å². The quantitative estimate of drug-likeness (QED) is 0.730. The Morgan fingerprint density at radius 3 is 2.67 bits per heavy atom. The highest BCUT2D eigenvalue weighted by Gasteiger charge is 2.28. The molecular formula is C9H11FN2O2S. The second-order valence-electron chi connectivity index (χ2n) is 3.45. The van der Waals surface area contributed by atoms with E-state index in [2.05, 4.69) is 0 Å². The monoisotopic (exact) mass is 230 g/mol. The molecule has 6 heteroatoms. The minimum Gasteiger partial charge on any atom is -0.396 e. The molecule has 1 saturated heterocycles. The zero-order valence-corrected chi connectivity index (χ0v) is 8.80. The molecule has 0 aromatic heterocycles. The van der Waals surface area contributed by atoms with E-state index in [-0.39, 0.29) is 11.4 Å². The molecule has 0 aliphatic carbocycles. The number of rotatable bonds is 1. The largest absolute Gasteiger partial charge is 0.396 e. The summed E-state index contributed by atoms with van der Waals surface area (Å²) in [5, 5.41) is 0. The predicted octanol–water partition coefficient (Wildman–Crippen LogP) is 0.948. The smallest absolute Gasteiger partial charge is 0.235 e. The Labute approximate surface area is 87.5 Å². The van der Waals surface area contributed by atoms with Crippen LogP contribution >= 0.6 is 0 Å². The summed E-state index contributed by atoms with van der Waals surface area (Å²) in [7, 11) is -3.24. The molecule has 15 heavy (non-hydrogen) atoms. The van der Waals surface area contributed by atoms with Crippen molar-refractivity contribution in [2.45, 2.75) is 6.42 Å². The summed E-state index contributed by atoms with van der Waals surface area (Å²) in [4.78, 5) is 0. The number of hydrogen-bond donors (Lipinski definition) is 1. The van der Waals surface area contributed by atoms with E-state index in [9.17, 15) is 12.8 Å². The van der Waals surface area contributed by atoms with Gasteiger partial charge in [-0.2, -0.15) is 0 Å². The van der Waals surface area contributed by atoms with Gasteiger partial charge in [0.05, 0.1) is 17.1 Å². The molecule has 1 aliphatic heterocycles. The normalized spacial score (nSPS) is 19.4. The highest BCUT2D eigenvalue weighted by Crippen LogP contribution is 2.26. The van der Waals surface area contributed by atoms with Gasteiger partial charge in [0.25, 0.3) is 0 Å². The lowest BCUT2D eigenvalue weighted by atomic mass is 10.2. The first-order chi connectivity index (χ1) is 7.00. The molecule has 0 spiro atoms. The van der Waals surface area contributed by atoms with Crippen LogP contribution in [-0.4, -0.2) is 20.7 Å². The molecule has 82 valence electrons. The SMILES string of the molecule is Nc1ccc(N2CCCS2(=O)=O)cc1F. The Bertz CT molecular complexity index is 487. The van der Waals surface area contributed by atoms with Gasteiger partial charge in [0, 0.05) is 12.6 Å². The maximum Gasteiger partial charge on any atom is 0.235 e. The molecule has 1 fully saturated rings. The number of sulfonamides is 1. The standard InChI is InChI=1S/C9H11FN2O2S/c10-8-6-7(2-3-9(8)11)12-4-1-5-15(12,13)14/h2-3,6H,1,4-5,11H2. The first-order valence-electron chi connectivity index (χ1n) is 4.56. The number of hydrogen-bond acceptors (Lipinski definition) is 3. The number of halogens is 1. The molecule has 1 heterocycles. The van der Waals surface area contributed by atoms with E-state index in [1.165, 1.54) is 16.4 Å². The molecule has 0 bridgehead atoms. The molecule has 2 rings (SSSR count). The maximum atomic E-state index is 13.1. The average Bonchev–Trinajstić information content (AvgIpc) is 2.50. The van der Waals surface area contributed by atoms with Crippen molar-refractivity contribution in [1.29, 1.82) is 0 Å². The topological polar surface area (TPSA) is 63.4 Å². The van der Waals surface area contributed by atoms with Crippen LogP contribution in [0.1, 0.15) is 6.42 Å². The van der Waals surface area contributed by atoms with Gasteiger partial charge in [0.1, 0.15) is 5.82 Å². The van der Waals surface area contributed by atoms with Crippen molar-refractivity contribution in [3.63, 3.8) is 0 Å². The van der Waals surface area contributed by atoms with Crippen molar-refractivity contribution in [3.05, 3.63) is 24.0 Å². The van der Waals surface area contributed by atoms with Crippen molar-refractivity contribution >= 4 is 21.4 Å². The molecule has 1 aliphatic rings. The summed E-state index contributed by atoms with van der Waals surface area (Å²) < 4.78 is 37.4. The van der Waals surface area contributed by atoms with Gasteiger partial charge >= 0.3 is 0 Å². The van der Waals surface area contributed by atoms with E-state index >= 15 is 0 Å². The van der Waals surface area contributed by atoms with Gasteiger partial charge in [0.2, 0.25) is 10.0 Å². The van der Waals surface area contributed by atoms with Gasteiger partial charge in [-0.1, -0.05) is 0 Å². The third-order valence-electron chi connectivity index (χ3n) is 2.37. The van der Waals surface area contributed by atoms with E-state index in [0.717, 1.165) is 6.07 Å². The van der Waals surface area contributed by atoms with Crippen molar-refractivity contribution in [3.8, 4) is 0 Å². The molecule has 2 N–H and O–H groups in total. The fourth-order valence-electron chi connectivity index (χ4n) is 1.60. The Balaban J connectivity index is 2.42. The Hall–Kier alpha value is -1.30. The van der Waals surface area contributed by atoms with Crippen molar-refractivity contribution < 1.29 is 12.8 Å². The summed E-state index contributed by atoms with van der Waals surface area (Å²) in [6, 6.07) is 4.04. The Morgan fingerprint density at radius 1 is 1.40 bits per heavy atom. The van der Waals surface area contributed by atoms with Crippen LogP contribution in [0.15, 0.2) is 18.2 Å². The lowest BCUT2D eigenvalue weighted by molar-refractivity contribution is 0.599. The van der Waals surface area contributed by atoms with E-state index in [1.54, 1.807) is 0 Å². The molecular weight excluding hydrogens is 219 g/mol. The van der Waals surface area contributed by atoms with Crippen molar-refractivity contribution in [2.75, 3.05) is 22.3 Å². The van der Waals surface area contributed by atoms with Crippen LogP contribution in [0.25, 0.3) is 0 Å². The lowest BCUT2D eigenvalue weighted by Crippen LogP contribution is -2.25. The number of anilines is 2. The molecule has 0 unspecified atom stereocenters. The van der Waals surface area contributed by atoms with Gasteiger partial charge in [-0.3, -0.25) is 4.31 Å². The van der Waals surface area contributed by atoms with Crippen LogP contribution in [0, 0.1) is 5.82 Å². The minimum absolute atomic E-state index is 0.0235. The summed E-state index contributed by atoms with van der Waals surface area (Å²) in [6.45, 7) is 0.408. The lowest BCUT2D eigenvalue weighted by Gasteiger charge is -2.16. The van der Waals surface area contributed by atoms with Crippen LogP contribution in [-0.2, 0) is 10.0 Å². The summed E-state index contributed by atoms with van der Waals surface area (Å²) in [6.07, 6.45) is 0.578. The minimum atomic E-state index is -3.24. The fourth-order valence-corrected chi connectivity index (χ4v) is 3.16. The first kappa shape index (κ1) is 10.2. The van der Waals surface area contributed by atoms with Crippen molar-refractivity contribution in [1.82, 2.24) is 0 Å². The molecule has 0 saturated carbocycles. The Kier molecular flexibility index (Phi) is 2.30. The molecule has 0 atom stereocenters. The summed E-state index contributed by atoms with van der Waals surface area (Å²) in [5.41, 5.74) is 5.68. The van der Waals surface area contributed by atoms with Gasteiger partial charge in [-0.05, 0) is 18.6 Å². The molecule has 0 radical (unpaired) electrons. The Morgan fingerprint density at radius 2 is 2.13 bits per heavy atom. The highest BCUT2D eigenvalue weighted by atomic mass is 32.2. The molecule has 1 aromatic rings.